The van der Waals surface area contributed by atoms with Gasteiger partial charge in [-0.25, -0.2) is 4.98 Å². The van der Waals surface area contributed by atoms with Gasteiger partial charge < -0.3 is 9.09 Å². The molecule has 1 saturated carbocycles. The van der Waals surface area contributed by atoms with E-state index in [1.54, 1.807) is 0 Å². The molecule has 0 bridgehead atoms. The number of aryl methyl sites for hydroxylation is 2. The summed E-state index contributed by atoms with van der Waals surface area (Å²) in [5.41, 5.74) is 7.44. The van der Waals surface area contributed by atoms with Gasteiger partial charge in [0.15, 0.2) is 0 Å². The molecule has 0 saturated heterocycles. The van der Waals surface area contributed by atoms with E-state index in [9.17, 15) is 0 Å². The van der Waals surface area contributed by atoms with Crippen LogP contribution in [0.15, 0.2) is 77.7 Å². The summed E-state index contributed by atoms with van der Waals surface area (Å²) >= 11 is 0. The molecule has 0 N–H and O–H groups in total. The van der Waals surface area contributed by atoms with Crippen molar-refractivity contribution in [3.8, 4) is 22.3 Å². The van der Waals surface area contributed by atoms with Crippen LogP contribution in [0.4, 0.5) is 0 Å². The zero-order valence-corrected chi connectivity index (χ0v) is 19.6. The van der Waals surface area contributed by atoms with Crippen molar-refractivity contribution >= 4 is 11.0 Å². The normalized spacial score (nSPS) is 15.2. The van der Waals surface area contributed by atoms with Crippen LogP contribution in [0.1, 0.15) is 48.9 Å². The van der Waals surface area contributed by atoms with Gasteiger partial charge in [0, 0.05) is 40.7 Å². The second-order valence-electron chi connectivity index (χ2n) is 9.35. The molecule has 34 heavy (non-hydrogen) atoms. The van der Waals surface area contributed by atoms with Crippen LogP contribution >= 0.6 is 0 Å². The summed E-state index contributed by atoms with van der Waals surface area (Å²) in [7, 11) is 0. The van der Waals surface area contributed by atoms with Crippen molar-refractivity contribution in [3.05, 3.63) is 90.3 Å². The molecule has 0 spiro atoms. The molecule has 4 aromatic heterocycles. The highest BCUT2D eigenvalue weighted by molar-refractivity contribution is 5.96. The molecule has 0 amide bonds. The Kier molecular flexibility index (Phi) is 5.25. The summed E-state index contributed by atoms with van der Waals surface area (Å²) in [5, 5.41) is 5.30. The predicted molar refractivity (Wildman–Crippen MR) is 134 cm³/mol. The zero-order valence-electron chi connectivity index (χ0n) is 19.6. The molecule has 1 aliphatic rings. The number of aromatic nitrogens is 4. The van der Waals surface area contributed by atoms with E-state index in [0.717, 1.165) is 39.3 Å². The monoisotopic (exact) mass is 448 g/mol. The Morgan fingerprint density at radius 2 is 1.74 bits per heavy atom. The minimum Gasteiger partial charge on any atom is -0.361 e. The van der Waals surface area contributed by atoms with Gasteiger partial charge in [-0.2, -0.15) is 0 Å². The maximum absolute atomic E-state index is 5.45. The molecule has 1 fully saturated rings. The number of pyridine rings is 2. The Balaban J connectivity index is 1.60. The van der Waals surface area contributed by atoms with Gasteiger partial charge in [0.25, 0.3) is 0 Å². The van der Waals surface area contributed by atoms with E-state index in [1.807, 2.05) is 32.3 Å². The summed E-state index contributed by atoms with van der Waals surface area (Å²) in [6.45, 7) is 3.94. The molecule has 0 aliphatic heterocycles. The number of rotatable bonds is 5. The fourth-order valence-corrected chi connectivity index (χ4v) is 5.66. The van der Waals surface area contributed by atoms with E-state index in [4.69, 9.17) is 14.5 Å². The Morgan fingerprint density at radius 1 is 0.941 bits per heavy atom. The lowest BCUT2D eigenvalue weighted by atomic mass is 9.94. The standard InChI is InChI=1S/C29H28N4O/c1-19-27(20(2)34-32-19)23-16-24-25(21-10-4-3-5-11-21)18-33(29(24)31-17-23)28(22-12-6-7-13-22)26-14-8-9-15-30-26/h3-5,8-11,14-18,22,28H,6-7,12-13H2,1-2H3. The molecular weight excluding hydrogens is 420 g/mol. The highest BCUT2D eigenvalue weighted by atomic mass is 16.5. The van der Waals surface area contributed by atoms with Gasteiger partial charge in [0.1, 0.15) is 11.4 Å². The van der Waals surface area contributed by atoms with Gasteiger partial charge in [-0.05, 0) is 56.4 Å². The van der Waals surface area contributed by atoms with Crippen molar-refractivity contribution in [1.29, 1.82) is 0 Å². The number of nitrogens with zero attached hydrogens (tertiary/aromatic N) is 4. The van der Waals surface area contributed by atoms with E-state index >= 15 is 0 Å². The molecule has 1 unspecified atom stereocenters. The molecule has 5 aromatic rings. The minimum absolute atomic E-state index is 0.168. The van der Waals surface area contributed by atoms with Crippen LogP contribution in [-0.2, 0) is 0 Å². The van der Waals surface area contributed by atoms with Crippen LogP contribution in [-0.4, -0.2) is 19.7 Å². The molecule has 4 heterocycles. The first-order valence-electron chi connectivity index (χ1n) is 12.1. The lowest BCUT2D eigenvalue weighted by Gasteiger charge is -2.25. The van der Waals surface area contributed by atoms with Gasteiger partial charge in [0.05, 0.1) is 17.4 Å². The van der Waals surface area contributed by atoms with E-state index < -0.39 is 0 Å². The SMILES string of the molecule is Cc1noc(C)c1-c1cnc2c(c1)c(-c1ccccc1)cn2C(c1ccccn1)C1CCCC1. The van der Waals surface area contributed by atoms with Crippen LogP contribution in [0.2, 0.25) is 0 Å². The third-order valence-corrected chi connectivity index (χ3v) is 7.21. The predicted octanol–water partition coefficient (Wildman–Crippen LogP) is 7.15. The Morgan fingerprint density at radius 3 is 2.44 bits per heavy atom. The Labute approximate surface area is 199 Å². The van der Waals surface area contributed by atoms with Crippen LogP contribution in [0.25, 0.3) is 33.3 Å². The first kappa shape index (κ1) is 20.8. The summed E-state index contributed by atoms with van der Waals surface area (Å²) in [5.74, 6) is 1.37. The maximum atomic E-state index is 5.45. The van der Waals surface area contributed by atoms with Crippen molar-refractivity contribution in [1.82, 2.24) is 19.7 Å². The highest BCUT2D eigenvalue weighted by Gasteiger charge is 2.31. The van der Waals surface area contributed by atoms with Crippen molar-refractivity contribution in [3.63, 3.8) is 0 Å². The molecule has 5 nitrogen and oxygen atoms in total. The van der Waals surface area contributed by atoms with Gasteiger partial charge in [-0.1, -0.05) is 54.4 Å². The lowest BCUT2D eigenvalue weighted by molar-refractivity contribution is 0.385. The first-order chi connectivity index (χ1) is 16.7. The molecular formula is C29H28N4O. The van der Waals surface area contributed by atoms with Crippen molar-refractivity contribution in [2.75, 3.05) is 0 Å². The number of benzene rings is 1. The van der Waals surface area contributed by atoms with Crippen LogP contribution in [0.5, 0.6) is 0 Å². The largest absolute Gasteiger partial charge is 0.361 e. The first-order valence-corrected chi connectivity index (χ1v) is 12.1. The van der Waals surface area contributed by atoms with E-state index in [1.165, 1.54) is 36.8 Å². The highest BCUT2D eigenvalue weighted by Crippen LogP contribution is 2.42. The second kappa shape index (κ2) is 8.56. The van der Waals surface area contributed by atoms with Crippen molar-refractivity contribution in [2.45, 2.75) is 45.6 Å². The van der Waals surface area contributed by atoms with E-state index in [-0.39, 0.29) is 6.04 Å². The molecule has 1 atom stereocenters. The zero-order chi connectivity index (χ0) is 23.1. The summed E-state index contributed by atoms with van der Waals surface area (Å²) in [4.78, 5) is 9.85. The lowest BCUT2D eigenvalue weighted by Crippen LogP contribution is -2.19. The maximum Gasteiger partial charge on any atom is 0.141 e. The third kappa shape index (κ3) is 3.52. The topological polar surface area (TPSA) is 56.7 Å². The van der Waals surface area contributed by atoms with E-state index in [2.05, 4.69) is 64.5 Å². The van der Waals surface area contributed by atoms with E-state index in [0.29, 0.717) is 5.92 Å². The number of hydrogen-bond acceptors (Lipinski definition) is 4. The average Bonchev–Trinajstić information content (AvgIpc) is 3.61. The quantitative estimate of drug-likeness (QED) is 0.286. The Hall–Kier alpha value is -3.73. The molecule has 5 heteroatoms. The summed E-state index contributed by atoms with van der Waals surface area (Å²) in [6.07, 6.45) is 11.2. The Bertz CT molecular complexity index is 1410. The number of hydrogen-bond donors (Lipinski definition) is 0. The van der Waals surface area contributed by atoms with Gasteiger partial charge >= 0.3 is 0 Å². The summed E-state index contributed by atoms with van der Waals surface area (Å²) in [6, 6.07) is 19.3. The minimum atomic E-state index is 0.168. The van der Waals surface area contributed by atoms with Crippen molar-refractivity contribution < 1.29 is 4.52 Å². The molecule has 6 rings (SSSR count). The third-order valence-electron chi connectivity index (χ3n) is 7.21. The molecule has 1 aliphatic carbocycles. The fourth-order valence-electron chi connectivity index (χ4n) is 5.66. The van der Waals surface area contributed by atoms with Gasteiger partial charge in [0.2, 0.25) is 0 Å². The van der Waals surface area contributed by atoms with Crippen LogP contribution < -0.4 is 0 Å². The summed E-state index contributed by atoms with van der Waals surface area (Å²) < 4.78 is 7.84. The number of fused-ring (bicyclic) bond motifs is 1. The average molecular weight is 449 g/mol. The fraction of sp³-hybridized carbons (Fsp3) is 0.276. The van der Waals surface area contributed by atoms with Crippen LogP contribution in [0.3, 0.4) is 0 Å². The smallest absolute Gasteiger partial charge is 0.141 e. The van der Waals surface area contributed by atoms with Crippen LogP contribution in [0, 0.1) is 19.8 Å². The van der Waals surface area contributed by atoms with Gasteiger partial charge in [-0.15, -0.1) is 0 Å². The molecule has 170 valence electrons. The van der Waals surface area contributed by atoms with Crippen molar-refractivity contribution in [2.24, 2.45) is 5.92 Å². The molecule has 0 radical (unpaired) electrons. The molecule has 1 aromatic carbocycles. The second-order valence-corrected chi connectivity index (χ2v) is 9.35. The van der Waals surface area contributed by atoms with Gasteiger partial charge in [-0.3, -0.25) is 4.98 Å².